The number of hydrogen-bond donors (Lipinski definition) is 1. The van der Waals surface area contributed by atoms with Gasteiger partial charge in [-0.1, -0.05) is 17.7 Å². The molecule has 0 aliphatic heterocycles. The number of nitrogens with two attached hydrogens (primary N) is 1. The molecule has 4 heteroatoms. The third-order valence-corrected chi connectivity index (χ3v) is 3.98. The van der Waals surface area contributed by atoms with Crippen LogP contribution in [0.4, 0.5) is 0 Å². The van der Waals surface area contributed by atoms with Gasteiger partial charge in [-0.05, 0) is 32.4 Å². The molecule has 2 unspecified atom stereocenters. The van der Waals surface area contributed by atoms with E-state index in [1.165, 1.54) is 5.56 Å². The molecule has 3 nitrogen and oxygen atoms in total. The van der Waals surface area contributed by atoms with Crippen molar-refractivity contribution < 1.29 is 8.95 Å². The zero-order chi connectivity index (χ0) is 12.7. The van der Waals surface area contributed by atoms with Gasteiger partial charge < -0.3 is 10.5 Å². The highest BCUT2D eigenvalue weighted by Gasteiger charge is 2.10. The lowest BCUT2D eigenvalue weighted by atomic mass is 10.2. The van der Waals surface area contributed by atoms with Crippen LogP contribution in [-0.2, 0) is 15.5 Å². The van der Waals surface area contributed by atoms with Crippen molar-refractivity contribution in [1.29, 1.82) is 0 Å². The first-order valence-corrected chi connectivity index (χ1v) is 7.26. The highest BCUT2D eigenvalue weighted by Crippen LogP contribution is 2.10. The summed E-state index contributed by atoms with van der Waals surface area (Å²) in [4.78, 5) is 0.878. The monoisotopic (exact) mass is 255 g/mol. The Morgan fingerprint density at radius 1 is 1.35 bits per heavy atom. The molecule has 0 radical (unpaired) electrons. The average molecular weight is 255 g/mol. The number of rotatable bonds is 7. The van der Waals surface area contributed by atoms with Gasteiger partial charge in [0.25, 0.3) is 0 Å². The quantitative estimate of drug-likeness (QED) is 0.809. The van der Waals surface area contributed by atoms with Crippen LogP contribution in [0.25, 0.3) is 0 Å². The standard InChI is InChI=1S/C13H21NO2S/c1-3-16-12(10-14)8-9-17(15)13-6-4-11(2)5-7-13/h4-7,12H,3,8-10,14H2,1-2H3. The molecule has 0 saturated carbocycles. The summed E-state index contributed by atoms with van der Waals surface area (Å²) < 4.78 is 17.4. The van der Waals surface area contributed by atoms with Gasteiger partial charge in [-0.2, -0.15) is 0 Å². The fraction of sp³-hybridized carbons (Fsp3) is 0.538. The summed E-state index contributed by atoms with van der Waals surface area (Å²) in [6.07, 6.45) is 0.763. The summed E-state index contributed by atoms with van der Waals surface area (Å²) in [5, 5.41) is 0. The number of aryl methyl sites for hydroxylation is 1. The van der Waals surface area contributed by atoms with Crippen LogP contribution in [0.2, 0.25) is 0 Å². The van der Waals surface area contributed by atoms with Gasteiger partial charge in [0.05, 0.1) is 16.9 Å². The smallest absolute Gasteiger partial charge is 0.0706 e. The zero-order valence-corrected chi connectivity index (χ0v) is 11.3. The summed E-state index contributed by atoms with van der Waals surface area (Å²) in [5.74, 6) is 0.602. The predicted octanol–water partition coefficient (Wildman–Crippen LogP) is 1.86. The summed E-state index contributed by atoms with van der Waals surface area (Å²) in [6.45, 7) is 5.10. The first-order chi connectivity index (χ1) is 8.17. The molecule has 0 fully saturated rings. The maximum absolute atomic E-state index is 12.0. The highest BCUT2D eigenvalue weighted by atomic mass is 32.2. The van der Waals surface area contributed by atoms with Crippen LogP contribution in [0.3, 0.4) is 0 Å². The maximum Gasteiger partial charge on any atom is 0.0706 e. The van der Waals surface area contributed by atoms with Gasteiger partial charge in [-0.25, -0.2) is 0 Å². The van der Waals surface area contributed by atoms with Crippen LogP contribution < -0.4 is 5.73 Å². The molecule has 96 valence electrons. The van der Waals surface area contributed by atoms with E-state index in [1.54, 1.807) is 0 Å². The second kappa shape index (κ2) is 7.58. The van der Waals surface area contributed by atoms with Crippen molar-refractivity contribution in [2.75, 3.05) is 18.9 Å². The van der Waals surface area contributed by atoms with E-state index in [-0.39, 0.29) is 6.10 Å². The molecule has 1 aromatic carbocycles. The number of benzene rings is 1. The molecule has 0 saturated heterocycles. The van der Waals surface area contributed by atoms with Crippen molar-refractivity contribution >= 4 is 10.8 Å². The van der Waals surface area contributed by atoms with Gasteiger partial charge in [0, 0.05) is 23.8 Å². The van der Waals surface area contributed by atoms with Crippen LogP contribution in [0.5, 0.6) is 0 Å². The summed E-state index contributed by atoms with van der Waals surface area (Å²) in [7, 11) is -0.953. The van der Waals surface area contributed by atoms with Crippen molar-refractivity contribution in [2.45, 2.75) is 31.3 Å². The zero-order valence-electron chi connectivity index (χ0n) is 10.5. The summed E-state index contributed by atoms with van der Waals surface area (Å²) in [5.41, 5.74) is 6.76. The normalized spacial score (nSPS) is 14.5. The SMILES string of the molecule is CCOC(CN)CCS(=O)c1ccc(C)cc1. The van der Waals surface area contributed by atoms with E-state index in [1.807, 2.05) is 38.1 Å². The predicted molar refractivity (Wildman–Crippen MR) is 71.5 cm³/mol. The molecule has 0 bridgehead atoms. The molecule has 1 rings (SSSR count). The molecule has 2 N–H and O–H groups in total. The van der Waals surface area contributed by atoms with Gasteiger partial charge in [0.15, 0.2) is 0 Å². The largest absolute Gasteiger partial charge is 0.377 e. The number of ether oxygens (including phenoxy) is 1. The molecular formula is C13H21NO2S. The first-order valence-electron chi connectivity index (χ1n) is 5.94. The molecule has 1 aromatic rings. The summed E-state index contributed by atoms with van der Waals surface area (Å²) >= 11 is 0. The fourth-order valence-corrected chi connectivity index (χ4v) is 2.70. The van der Waals surface area contributed by atoms with Crippen LogP contribution in [0, 0.1) is 6.92 Å². The Kier molecular flexibility index (Phi) is 6.40. The lowest BCUT2D eigenvalue weighted by Gasteiger charge is -2.14. The average Bonchev–Trinajstić information content (AvgIpc) is 2.35. The Bertz CT molecular complexity index is 351. The van der Waals surface area contributed by atoms with Crippen molar-refractivity contribution in [1.82, 2.24) is 0 Å². The Balaban J connectivity index is 2.46. The number of hydrogen-bond acceptors (Lipinski definition) is 3. The fourth-order valence-electron chi connectivity index (χ4n) is 1.55. The molecule has 17 heavy (non-hydrogen) atoms. The lowest BCUT2D eigenvalue weighted by molar-refractivity contribution is 0.0672. The van der Waals surface area contributed by atoms with Crippen LogP contribution >= 0.6 is 0 Å². The Morgan fingerprint density at radius 2 is 2.00 bits per heavy atom. The van der Waals surface area contributed by atoms with Gasteiger partial charge in [0.2, 0.25) is 0 Å². The first kappa shape index (κ1) is 14.4. The minimum Gasteiger partial charge on any atom is -0.377 e. The molecule has 0 heterocycles. The van der Waals surface area contributed by atoms with Gasteiger partial charge in [-0.15, -0.1) is 0 Å². The van der Waals surface area contributed by atoms with Gasteiger partial charge >= 0.3 is 0 Å². The van der Waals surface area contributed by atoms with E-state index in [4.69, 9.17) is 10.5 Å². The third kappa shape index (κ3) is 4.98. The van der Waals surface area contributed by atoms with E-state index in [2.05, 4.69) is 0 Å². The molecule has 0 aromatic heterocycles. The topological polar surface area (TPSA) is 52.3 Å². The van der Waals surface area contributed by atoms with Gasteiger partial charge in [-0.3, -0.25) is 4.21 Å². The van der Waals surface area contributed by atoms with Crippen LogP contribution in [0.15, 0.2) is 29.2 Å². The third-order valence-electron chi connectivity index (χ3n) is 2.57. The van der Waals surface area contributed by atoms with E-state index < -0.39 is 10.8 Å². The van der Waals surface area contributed by atoms with E-state index in [0.717, 1.165) is 11.3 Å². The van der Waals surface area contributed by atoms with Crippen molar-refractivity contribution in [3.05, 3.63) is 29.8 Å². The van der Waals surface area contributed by atoms with Crippen LogP contribution in [0.1, 0.15) is 18.9 Å². The van der Waals surface area contributed by atoms with E-state index in [9.17, 15) is 4.21 Å². The molecule has 0 spiro atoms. The van der Waals surface area contributed by atoms with Gasteiger partial charge in [0.1, 0.15) is 0 Å². The minimum absolute atomic E-state index is 0.0226. The Morgan fingerprint density at radius 3 is 2.53 bits per heavy atom. The van der Waals surface area contributed by atoms with Crippen LogP contribution in [-0.4, -0.2) is 29.2 Å². The Labute approximate surface area is 106 Å². The second-order valence-corrected chi connectivity index (χ2v) is 5.54. The maximum atomic E-state index is 12.0. The van der Waals surface area contributed by atoms with E-state index >= 15 is 0 Å². The van der Waals surface area contributed by atoms with Crippen molar-refractivity contribution in [2.24, 2.45) is 5.73 Å². The molecule has 2 atom stereocenters. The molecule has 0 amide bonds. The highest BCUT2D eigenvalue weighted by molar-refractivity contribution is 7.85. The lowest BCUT2D eigenvalue weighted by Crippen LogP contribution is -2.25. The second-order valence-electron chi connectivity index (χ2n) is 3.96. The Hall–Kier alpha value is -0.710. The van der Waals surface area contributed by atoms with Crippen molar-refractivity contribution in [3.8, 4) is 0 Å². The molecular weight excluding hydrogens is 234 g/mol. The molecule has 0 aliphatic carbocycles. The van der Waals surface area contributed by atoms with Crippen molar-refractivity contribution in [3.63, 3.8) is 0 Å². The molecule has 0 aliphatic rings. The van der Waals surface area contributed by atoms with E-state index in [0.29, 0.717) is 18.9 Å². The summed E-state index contributed by atoms with van der Waals surface area (Å²) in [6, 6.07) is 7.81. The minimum atomic E-state index is -0.953.